The monoisotopic (exact) mass is 534 g/mol. The van der Waals surface area contributed by atoms with Crippen LogP contribution < -0.4 is 19.1 Å². The summed E-state index contributed by atoms with van der Waals surface area (Å²) in [6.07, 6.45) is 5.99. The molecule has 2 saturated heterocycles. The molecule has 2 heterocycles. The smallest absolute Gasteiger partial charge is 0.324 e. The average molecular weight is 535 g/mol. The van der Waals surface area contributed by atoms with Crippen LogP contribution in [0.1, 0.15) is 50.2 Å². The summed E-state index contributed by atoms with van der Waals surface area (Å²) in [5.74, 6) is 2.31. The number of nitrogens with zero attached hydrogens (tertiary/aromatic N) is 4. The molecule has 39 heavy (non-hydrogen) atoms. The summed E-state index contributed by atoms with van der Waals surface area (Å²) in [6, 6.07) is 14.4. The van der Waals surface area contributed by atoms with Crippen molar-refractivity contribution in [3.63, 3.8) is 0 Å². The number of ether oxygens (including phenoxy) is 3. The Kier molecular flexibility index (Phi) is 10.3. The number of hydrogen-bond acceptors (Lipinski definition) is 6. The molecule has 2 amide bonds. The van der Waals surface area contributed by atoms with E-state index in [1.165, 1.54) is 5.56 Å². The second-order valence-corrected chi connectivity index (χ2v) is 10.4. The van der Waals surface area contributed by atoms with Gasteiger partial charge in [0.1, 0.15) is 5.75 Å². The van der Waals surface area contributed by atoms with Gasteiger partial charge in [0.2, 0.25) is 0 Å². The SMILES string of the molecule is CCCCCOc1cc(N2CCCN(Cc3ccc(CCN4CCC(C#N)C4)cc3OC)C2=O)ccc1OC. The number of anilines is 1. The van der Waals surface area contributed by atoms with Crippen LogP contribution in [0.5, 0.6) is 17.2 Å². The summed E-state index contributed by atoms with van der Waals surface area (Å²) in [6.45, 7) is 7.43. The van der Waals surface area contributed by atoms with Crippen LogP contribution in [0.2, 0.25) is 0 Å². The summed E-state index contributed by atoms with van der Waals surface area (Å²) < 4.78 is 17.2. The molecule has 2 aromatic rings. The Labute approximate surface area is 233 Å². The maximum Gasteiger partial charge on any atom is 0.324 e. The highest BCUT2D eigenvalue weighted by atomic mass is 16.5. The molecule has 0 aliphatic carbocycles. The van der Waals surface area contributed by atoms with Gasteiger partial charge in [-0.25, -0.2) is 4.79 Å². The van der Waals surface area contributed by atoms with Gasteiger partial charge in [-0.15, -0.1) is 0 Å². The van der Waals surface area contributed by atoms with E-state index in [4.69, 9.17) is 19.5 Å². The molecule has 0 spiro atoms. The number of benzene rings is 2. The van der Waals surface area contributed by atoms with E-state index < -0.39 is 0 Å². The Morgan fingerprint density at radius 1 is 1.00 bits per heavy atom. The molecular formula is C31H42N4O4. The van der Waals surface area contributed by atoms with Gasteiger partial charge in [-0.2, -0.15) is 5.26 Å². The zero-order valence-corrected chi connectivity index (χ0v) is 23.7. The van der Waals surface area contributed by atoms with Crippen molar-refractivity contribution in [3.05, 3.63) is 47.5 Å². The van der Waals surface area contributed by atoms with Gasteiger partial charge in [-0.1, -0.05) is 31.9 Å². The van der Waals surface area contributed by atoms with Gasteiger partial charge in [-0.3, -0.25) is 4.90 Å². The van der Waals surface area contributed by atoms with Crippen LogP contribution in [-0.2, 0) is 13.0 Å². The van der Waals surface area contributed by atoms with Crippen molar-refractivity contribution >= 4 is 11.7 Å². The summed E-state index contributed by atoms with van der Waals surface area (Å²) in [5.41, 5.74) is 3.02. The fourth-order valence-corrected chi connectivity index (χ4v) is 5.36. The van der Waals surface area contributed by atoms with Gasteiger partial charge < -0.3 is 24.0 Å². The lowest BCUT2D eigenvalue weighted by molar-refractivity contribution is 0.191. The van der Waals surface area contributed by atoms with E-state index in [2.05, 4.69) is 36.1 Å². The minimum atomic E-state index is -0.0180. The van der Waals surface area contributed by atoms with Gasteiger partial charge in [0.15, 0.2) is 11.5 Å². The molecule has 0 radical (unpaired) electrons. The standard InChI is InChI=1S/C31H42N4O4/c1-4-5-6-18-39-30-20-27(10-11-28(30)37-2)35-15-7-14-34(31(35)36)23-26-9-8-24(19-29(26)38-3)12-16-33-17-13-25(21-32)22-33/h8-11,19-20,25H,4-7,12-18,22-23H2,1-3H3. The first-order chi connectivity index (χ1) is 19.1. The lowest BCUT2D eigenvalue weighted by Crippen LogP contribution is -2.49. The molecule has 0 N–H and O–H groups in total. The van der Waals surface area contributed by atoms with Gasteiger partial charge in [0.05, 0.1) is 39.4 Å². The summed E-state index contributed by atoms with van der Waals surface area (Å²) in [5, 5.41) is 9.15. The quantitative estimate of drug-likeness (QED) is 0.316. The lowest BCUT2D eigenvalue weighted by Gasteiger charge is -2.36. The number of unbranched alkanes of at least 4 members (excludes halogenated alkanes) is 2. The normalized spacial score (nSPS) is 17.8. The molecule has 1 atom stereocenters. The summed E-state index contributed by atoms with van der Waals surface area (Å²) >= 11 is 0. The van der Waals surface area contributed by atoms with Gasteiger partial charge >= 0.3 is 6.03 Å². The molecule has 2 aliphatic heterocycles. The molecule has 2 aromatic carbocycles. The third kappa shape index (κ3) is 7.36. The number of hydrogen-bond donors (Lipinski definition) is 0. The molecule has 0 saturated carbocycles. The number of urea groups is 1. The Morgan fingerprint density at radius 3 is 2.59 bits per heavy atom. The van der Waals surface area contributed by atoms with Crippen molar-refractivity contribution in [1.82, 2.24) is 9.80 Å². The van der Waals surface area contributed by atoms with Gasteiger partial charge in [-0.05, 0) is 56.0 Å². The van der Waals surface area contributed by atoms with Crippen LogP contribution in [0.4, 0.5) is 10.5 Å². The number of rotatable bonds is 13. The highest BCUT2D eigenvalue weighted by Gasteiger charge is 2.28. The van der Waals surface area contributed by atoms with Crippen LogP contribution in [0.25, 0.3) is 0 Å². The van der Waals surface area contributed by atoms with Crippen molar-refractivity contribution in [3.8, 4) is 23.3 Å². The molecule has 0 bridgehead atoms. The second kappa shape index (κ2) is 14.1. The first-order valence-electron chi connectivity index (χ1n) is 14.2. The Hall–Kier alpha value is -3.44. The number of amides is 2. The lowest BCUT2D eigenvalue weighted by atomic mass is 10.1. The first kappa shape index (κ1) is 28.6. The third-order valence-electron chi connectivity index (χ3n) is 7.66. The Bertz CT molecular complexity index is 1150. The number of nitriles is 1. The van der Waals surface area contributed by atoms with E-state index in [0.29, 0.717) is 37.7 Å². The minimum absolute atomic E-state index is 0.0180. The molecule has 2 fully saturated rings. The van der Waals surface area contributed by atoms with Crippen molar-refractivity contribution in [2.75, 3.05) is 58.5 Å². The van der Waals surface area contributed by atoms with Gasteiger partial charge in [0, 0.05) is 43.5 Å². The van der Waals surface area contributed by atoms with E-state index in [9.17, 15) is 4.79 Å². The number of carbonyl (C=O) groups excluding carboxylic acids is 1. The molecular weight excluding hydrogens is 492 g/mol. The highest BCUT2D eigenvalue weighted by Crippen LogP contribution is 2.34. The van der Waals surface area contributed by atoms with Crippen LogP contribution in [0.3, 0.4) is 0 Å². The fourth-order valence-electron chi connectivity index (χ4n) is 5.36. The predicted octanol–water partition coefficient (Wildman–Crippen LogP) is 5.49. The van der Waals surface area contributed by atoms with Crippen LogP contribution in [0.15, 0.2) is 36.4 Å². The van der Waals surface area contributed by atoms with Crippen LogP contribution in [-0.4, -0.2) is 69.4 Å². The predicted molar refractivity (Wildman–Crippen MR) is 153 cm³/mol. The highest BCUT2D eigenvalue weighted by molar-refractivity contribution is 5.93. The topological polar surface area (TPSA) is 78.3 Å². The average Bonchev–Trinajstić information content (AvgIpc) is 3.44. The third-order valence-corrected chi connectivity index (χ3v) is 7.66. The first-order valence-corrected chi connectivity index (χ1v) is 14.2. The van der Waals surface area contributed by atoms with Crippen LogP contribution in [0, 0.1) is 17.2 Å². The number of likely N-dealkylation sites (tertiary alicyclic amines) is 1. The molecule has 8 heteroatoms. The maximum absolute atomic E-state index is 13.6. The molecule has 8 nitrogen and oxygen atoms in total. The Balaban J connectivity index is 1.40. The van der Waals surface area contributed by atoms with E-state index in [1.807, 2.05) is 28.0 Å². The zero-order valence-electron chi connectivity index (χ0n) is 23.7. The largest absolute Gasteiger partial charge is 0.496 e. The summed E-state index contributed by atoms with van der Waals surface area (Å²) in [7, 11) is 3.32. The van der Waals surface area contributed by atoms with E-state index in [0.717, 1.165) is 75.2 Å². The summed E-state index contributed by atoms with van der Waals surface area (Å²) in [4.78, 5) is 19.6. The van der Waals surface area contributed by atoms with E-state index >= 15 is 0 Å². The molecule has 1 unspecified atom stereocenters. The van der Waals surface area contributed by atoms with Crippen LogP contribution >= 0.6 is 0 Å². The zero-order chi connectivity index (χ0) is 27.6. The second-order valence-electron chi connectivity index (χ2n) is 10.4. The van der Waals surface area contributed by atoms with Crippen molar-refractivity contribution in [1.29, 1.82) is 5.26 Å². The van der Waals surface area contributed by atoms with Crippen molar-refractivity contribution in [2.45, 2.75) is 52.0 Å². The van der Waals surface area contributed by atoms with E-state index in [1.54, 1.807) is 14.2 Å². The number of methoxy groups -OCH3 is 2. The molecule has 210 valence electrons. The minimum Gasteiger partial charge on any atom is -0.496 e. The van der Waals surface area contributed by atoms with Crippen molar-refractivity contribution < 1.29 is 19.0 Å². The van der Waals surface area contributed by atoms with E-state index in [-0.39, 0.29) is 11.9 Å². The molecule has 0 aromatic heterocycles. The Morgan fingerprint density at radius 2 is 1.85 bits per heavy atom. The molecule has 2 aliphatic rings. The van der Waals surface area contributed by atoms with Gasteiger partial charge in [0.25, 0.3) is 0 Å². The fraction of sp³-hybridized carbons (Fsp3) is 0.548. The maximum atomic E-state index is 13.6. The number of carbonyl (C=O) groups is 1. The van der Waals surface area contributed by atoms with Crippen molar-refractivity contribution in [2.24, 2.45) is 5.92 Å². The molecule has 4 rings (SSSR count).